The van der Waals surface area contributed by atoms with Crippen molar-refractivity contribution in [2.75, 3.05) is 7.05 Å². The van der Waals surface area contributed by atoms with Crippen LogP contribution >= 0.6 is 0 Å². The van der Waals surface area contributed by atoms with E-state index in [0.29, 0.717) is 17.6 Å². The number of hydrogen-bond donors (Lipinski definition) is 1. The van der Waals surface area contributed by atoms with Crippen LogP contribution in [0.4, 0.5) is 0 Å². The predicted molar refractivity (Wildman–Crippen MR) is 78.7 cm³/mol. The van der Waals surface area contributed by atoms with Crippen molar-refractivity contribution in [2.45, 2.75) is 58.1 Å². The maximum atomic E-state index is 6.32. The Hall–Kier alpha value is -1.02. The van der Waals surface area contributed by atoms with Gasteiger partial charge in [0, 0.05) is 17.9 Å². The summed E-state index contributed by atoms with van der Waals surface area (Å²) in [5.74, 6) is 1.05. The van der Waals surface area contributed by atoms with Crippen LogP contribution in [-0.4, -0.2) is 19.2 Å². The molecule has 3 rings (SSSR count). The Labute approximate surface area is 116 Å². The lowest BCUT2D eigenvalue weighted by Crippen LogP contribution is -2.63. The molecule has 2 heteroatoms. The van der Waals surface area contributed by atoms with E-state index in [-0.39, 0.29) is 0 Å². The first-order valence-electron chi connectivity index (χ1n) is 7.57. The summed E-state index contributed by atoms with van der Waals surface area (Å²) >= 11 is 0. The predicted octanol–water partition coefficient (Wildman–Crippen LogP) is 3.60. The van der Waals surface area contributed by atoms with Gasteiger partial charge in [-0.05, 0) is 57.0 Å². The van der Waals surface area contributed by atoms with Crippen molar-refractivity contribution >= 4 is 0 Å². The molecular weight excluding hydrogens is 234 g/mol. The van der Waals surface area contributed by atoms with Gasteiger partial charge in [-0.15, -0.1) is 0 Å². The zero-order valence-corrected chi connectivity index (χ0v) is 12.3. The lowest BCUT2D eigenvalue weighted by Gasteiger charge is -2.53. The standard InChI is InChI=1S/C17H25NO/c1-12-6-7-14(10-13(12)2)19-16-11-15(18-3)17(16)8-4-5-9-17/h6-7,10,15-16,18H,4-5,8-9,11H2,1-3H3. The Kier molecular flexibility index (Phi) is 3.30. The third-order valence-electron chi connectivity index (χ3n) is 5.42. The van der Waals surface area contributed by atoms with E-state index in [1.165, 1.54) is 36.8 Å². The minimum atomic E-state index is 0.410. The average Bonchev–Trinajstić information content (AvgIpc) is 2.90. The number of ether oxygens (including phenoxy) is 1. The van der Waals surface area contributed by atoms with Crippen LogP contribution in [0.5, 0.6) is 5.75 Å². The van der Waals surface area contributed by atoms with Crippen molar-refractivity contribution in [2.24, 2.45) is 5.41 Å². The molecule has 2 fully saturated rings. The molecule has 2 aliphatic rings. The van der Waals surface area contributed by atoms with Gasteiger partial charge < -0.3 is 10.1 Å². The molecular formula is C17H25NO. The highest BCUT2D eigenvalue weighted by molar-refractivity contribution is 5.34. The molecule has 1 aromatic carbocycles. The molecule has 1 N–H and O–H groups in total. The summed E-state index contributed by atoms with van der Waals surface area (Å²) in [6.45, 7) is 4.31. The van der Waals surface area contributed by atoms with Gasteiger partial charge in [0.2, 0.25) is 0 Å². The summed E-state index contributed by atoms with van der Waals surface area (Å²) in [5, 5.41) is 3.49. The third-order valence-corrected chi connectivity index (χ3v) is 5.42. The minimum Gasteiger partial charge on any atom is -0.490 e. The summed E-state index contributed by atoms with van der Waals surface area (Å²) in [7, 11) is 2.09. The molecule has 1 aromatic rings. The Bertz CT molecular complexity index is 462. The molecule has 2 atom stereocenters. The summed E-state index contributed by atoms with van der Waals surface area (Å²) in [5.41, 5.74) is 3.07. The molecule has 0 heterocycles. The molecule has 0 aliphatic heterocycles. The van der Waals surface area contributed by atoms with E-state index in [4.69, 9.17) is 4.74 Å². The first-order chi connectivity index (χ1) is 9.15. The summed E-state index contributed by atoms with van der Waals surface area (Å²) in [6.07, 6.45) is 6.95. The quantitative estimate of drug-likeness (QED) is 0.895. The van der Waals surface area contributed by atoms with Gasteiger partial charge in [0.05, 0.1) is 0 Å². The van der Waals surface area contributed by atoms with Gasteiger partial charge in [-0.3, -0.25) is 0 Å². The van der Waals surface area contributed by atoms with Crippen molar-refractivity contribution in [1.82, 2.24) is 5.32 Å². The van der Waals surface area contributed by atoms with Crippen molar-refractivity contribution in [3.63, 3.8) is 0 Å². The minimum absolute atomic E-state index is 0.410. The number of hydrogen-bond acceptors (Lipinski definition) is 2. The molecule has 0 amide bonds. The second-order valence-corrected chi connectivity index (χ2v) is 6.37. The van der Waals surface area contributed by atoms with Crippen LogP contribution in [0.1, 0.15) is 43.2 Å². The van der Waals surface area contributed by atoms with Gasteiger partial charge in [-0.2, -0.15) is 0 Å². The fraction of sp³-hybridized carbons (Fsp3) is 0.647. The van der Waals surface area contributed by atoms with Gasteiger partial charge in [-0.1, -0.05) is 18.9 Å². The first-order valence-corrected chi connectivity index (χ1v) is 7.57. The second-order valence-electron chi connectivity index (χ2n) is 6.37. The van der Waals surface area contributed by atoms with Crippen LogP contribution in [0.15, 0.2) is 18.2 Å². The van der Waals surface area contributed by atoms with Crippen LogP contribution in [0.25, 0.3) is 0 Å². The lowest BCUT2D eigenvalue weighted by atomic mass is 9.60. The van der Waals surface area contributed by atoms with Crippen LogP contribution in [0.3, 0.4) is 0 Å². The molecule has 2 saturated carbocycles. The van der Waals surface area contributed by atoms with Gasteiger partial charge in [-0.25, -0.2) is 0 Å². The number of nitrogens with one attached hydrogen (secondary N) is 1. The number of aryl methyl sites for hydroxylation is 2. The highest BCUT2D eigenvalue weighted by Gasteiger charge is 2.56. The van der Waals surface area contributed by atoms with Crippen LogP contribution < -0.4 is 10.1 Å². The molecule has 2 aliphatic carbocycles. The van der Waals surface area contributed by atoms with Crippen LogP contribution in [0.2, 0.25) is 0 Å². The topological polar surface area (TPSA) is 21.3 Å². The molecule has 0 bridgehead atoms. The van der Waals surface area contributed by atoms with Gasteiger partial charge in [0.25, 0.3) is 0 Å². The van der Waals surface area contributed by atoms with Crippen LogP contribution in [0, 0.1) is 19.3 Å². The van der Waals surface area contributed by atoms with Gasteiger partial charge in [0.1, 0.15) is 11.9 Å². The second kappa shape index (κ2) is 4.82. The van der Waals surface area contributed by atoms with E-state index in [1.807, 2.05) is 0 Å². The molecule has 2 unspecified atom stereocenters. The number of benzene rings is 1. The lowest BCUT2D eigenvalue weighted by molar-refractivity contribution is -0.0736. The van der Waals surface area contributed by atoms with Crippen LogP contribution in [-0.2, 0) is 0 Å². The van der Waals surface area contributed by atoms with E-state index in [2.05, 4.69) is 44.4 Å². The highest BCUT2D eigenvalue weighted by atomic mass is 16.5. The fourth-order valence-electron chi connectivity index (χ4n) is 3.97. The summed E-state index contributed by atoms with van der Waals surface area (Å²) in [4.78, 5) is 0. The van der Waals surface area contributed by atoms with E-state index in [0.717, 1.165) is 12.2 Å². The van der Waals surface area contributed by atoms with Gasteiger partial charge >= 0.3 is 0 Å². The smallest absolute Gasteiger partial charge is 0.120 e. The zero-order chi connectivity index (χ0) is 13.5. The van der Waals surface area contributed by atoms with Crippen molar-refractivity contribution in [3.8, 4) is 5.75 Å². The third kappa shape index (κ3) is 2.06. The maximum absolute atomic E-state index is 6.32. The molecule has 0 radical (unpaired) electrons. The van der Waals surface area contributed by atoms with E-state index in [9.17, 15) is 0 Å². The molecule has 2 nitrogen and oxygen atoms in total. The summed E-state index contributed by atoms with van der Waals surface area (Å²) < 4.78 is 6.32. The van der Waals surface area contributed by atoms with Crippen molar-refractivity contribution in [3.05, 3.63) is 29.3 Å². The Morgan fingerprint density at radius 3 is 2.53 bits per heavy atom. The normalized spacial score (nSPS) is 28.4. The Morgan fingerprint density at radius 1 is 1.16 bits per heavy atom. The highest BCUT2D eigenvalue weighted by Crippen LogP contribution is 2.54. The monoisotopic (exact) mass is 259 g/mol. The van der Waals surface area contributed by atoms with E-state index >= 15 is 0 Å². The molecule has 0 saturated heterocycles. The average molecular weight is 259 g/mol. The molecule has 1 spiro atoms. The van der Waals surface area contributed by atoms with Gasteiger partial charge in [0.15, 0.2) is 0 Å². The zero-order valence-electron chi connectivity index (χ0n) is 12.3. The van der Waals surface area contributed by atoms with E-state index in [1.54, 1.807) is 0 Å². The largest absolute Gasteiger partial charge is 0.490 e. The molecule has 104 valence electrons. The molecule has 0 aromatic heterocycles. The Morgan fingerprint density at radius 2 is 1.89 bits per heavy atom. The van der Waals surface area contributed by atoms with Crippen molar-refractivity contribution < 1.29 is 4.74 Å². The number of rotatable bonds is 3. The SMILES string of the molecule is CNC1CC(Oc2ccc(C)c(C)c2)C12CCCC2. The molecule has 19 heavy (non-hydrogen) atoms. The van der Waals surface area contributed by atoms with E-state index < -0.39 is 0 Å². The summed E-state index contributed by atoms with van der Waals surface area (Å²) in [6, 6.07) is 7.13. The van der Waals surface area contributed by atoms with Crippen molar-refractivity contribution in [1.29, 1.82) is 0 Å². The maximum Gasteiger partial charge on any atom is 0.120 e. The first kappa shape index (κ1) is 13.0. The fourth-order valence-corrected chi connectivity index (χ4v) is 3.97. The Balaban J connectivity index is 1.75.